The molecular formula is C22H30GeO3. The van der Waals surface area contributed by atoms with E-state index in [1.165, 1.54) is 15.2 Å². The van der Waals surface area contributed by atoms with Crippen LogP contribution >= 0.6 is 0 Å². The second-order valence-electron chi connectivity index (χ2n) is 7.21. The Morgan fingerprint density at radius 3 is 2.42 bits per heavy atom. The summed E-state index contributed by atoms with van der Waals surface area (Å²) in [5, 5.41) is 1.20. The molecule has 140 valence electrons. The molecule has 0 aliphatic rings. The summed E-state index contributed by atoms with van der Waals surface area (Å²) >= 11 is -2.14. The third kappa shape index (κ3) is 6.29. The third-order valence-corrected chi connectivity index (χ3v) is 11.8. The molecule has 2 rings (SSSR count). The standard InChI is InChI=1S/C22H30GeO3/c1-5-25-15-16-26-22-11-9-19(10-12-22)13-14-23(3,4)21-8-6-7-20(17-21)18(2)24/h6-12,17H,5,13-16H2,1-4H3. The summed E-state index contributed by atoms with van der Waals surface area (Å²) in [5.74, 6) is 5.88. The van der Waals surface area contributed by atoms with Crippen molar-refractivity contribution in [2.24, 2.45) is 0 Å². The fraction of sp³-hybridized carbons (Fsp3) is 0.409. The minimum atomic E-state index is -2.14. The first-order valence-corrected chi connectivity index (χ1v) is 16.1. The molecule has 0 aliphatic carbocycles. The predicted octanol–water partition coefficient (Wildman–Crippen LogP) is 4.46. The normalized spacial score (nSPS) is 11.4. The van der Waals surface area contributed by atoms with Gasteiger partial charge in [0.1, 0.15) is 0 Å². The van der Waals surface area contributed by atoms with E-state index < -0.39 is 13.3 Å². The Hall–Kier alpha value is -1.59. The first-order chi connectivity index (χ1) is 12.4. The van der Waals surface area contributed by atoms with E-state index in [4.69, 9.17) is 9.47 Å². The summed E-state index contributed by atoms with van der Waals surface area (Å²) in [4.78, 5) is 11.6. The van der Waals surface area contributed by atoms with E-state index in [2.05, 4.69) is 35.8 Å². The summed E-state index contributed by atoms with van der Waals surface area (Å²) in [5.41, 5.74) is 2.17. The van der Waals surface area contributed by atoms with Gasteiger partial charge in [-0.1, -0.05) is 0 Å². The van der Waals surface area contributed by atoms with Crippen LogP contribution in [0.2, 0.25) is 16.8 Å². The molecule has 26 heavy (non-hydrogen) atoms. The van der Waals surface area contributed by atoms with Crippen LogP contribution in [0.25, 0.3) is 0 Å². The Bertz CT molecular complexity index is 708. The maximum absolute atomic E-state index is 11.6. The number of rotatable bonds is 10. The summed E-state index contributed by atoms with van der Waals surface area (Å²) in [6.07, 6.45) is 1.07. The van der Waals surface area contributed by atoms with Crippen LogP contribution < -0.4 is 9.13 Å². The van der Waals surface area contributed by atoms with Crippen LogP contribution in [0.3, 0.4) is 0 Å². The molecule has 0 bridgehead atoms. The quantitative estimate of drug-likeness (QED) is 0.327. The molecule has 0 amide bonds. The van der Waals surface area contributed by atoms with Crippen molar-refractivity contribution in [1.82, 2.24) is 0 Å². The molecular weight excluding hydrogens is 385 g/mol. The molecule has 0 atom stereocenters. The van der Waals surface area contributed by atoms with Gasteiger partial charge in [0.15, 0.2) is 0 Å². The Morgan fingerprint density at radius 1 is 1.04 bits per heavy atom. The molecule has 0 saturated heterocycles. The van der Waals surface area contributed by atoms with Crippen molar-refractivity contribution >= 4 is 23.4 Å². The Kier molecular flexibility index (Phi) is 7.92. The SMILES string of the molecule is CCOCCOc1ccc(C[CH2][Ge]([CH3])([CH3])[c]2cccc(C(C)=O)c2)cc1. The Morgan fingerprint density at radius 2 is 1.77 bits per heavy atom. The van der Waals surface area contributed by atoms with Crippen molar-refractivity contribution in [1.29, 1.82) is 0 Å². The fourth-order valence-corrected chi connectivity index (χ4v) is 7.69. The van der Waals surface area contributed by atoms with Crippen molar-refractivity contribution in [3.63, 3.8) is 0 Å². The van der Waals surface area contributed by atoms with E-state index in [-0.39, 0.29) is 5.78 Å². The number of benzene rings is 2. The van der Waals surface area contributed by atoms with Crippen LogP contribution in [0.1, 0.15) is 29.8 Å². The van der Waals surface area contributed by atoms with Gasteiger partial charge in [-0.3, -0.25) is 0 Å². The van der Waals surface area contributed by atoms with Crippen LogP contribution in [0, 0.1) is 0 Å². The molecule has 0 aromatic heterocycles. The zero-order valence-electron chi connectivity index (χ0n) is 16.4. The van der Waals surface area contributed by atoms with Gasteiger partial charge in [-0.2, -0.15) is 0 Å². The molecule has 4 heteroatoms. The number of hydrogen-bond donors (Lipinski definition) is 0. The summed E-state index contributed by atoms with van der Waals surface area (Å²) in [7, 11) is 0. The van der Waals surface area contributed by atoms with E-state index in [0.717, 1.165) is 24.3 Å². The molecule has 0 spiro atoms. The van der Waals surface area contributed by atoms with Gasteiger partial charge >= 0.3 is 160 Å². The molecule has 0 fully saturated rings. The zero-order valence-corrected chi connectivity index (χ0v) is 18.5. The number of hydrogen-bond acceptors (Lipinski definition) is 3. The van der Waals surface area contributed by atoms with Crippen molar-refractivity contribution in [3.05, 3.63) is 59.7 Å². The van der Waals surface area contributed by atoms with E-state index in [9.17, 15) is 4.79 Å². The first kappa shape index (κ1) is 20.7. The van der Waals surface area contributed by atoms with E-state index in [1.54, 1.807) is 6.92 Å². The van der Waals surface area contributed by atoms with Crippen molar-refractivity contribution in [2.45, 2.75) is 37.0 Å². The average Bonchev–Trinajstić information content (AvgIpc) is 2.65. The van der Waals surface area contributed by atoms with Crippen LogP contribution in [0.5, 0.6) is 5.75 Å². The second-order valence-corrected chi connectivity index (χ2v) is 17.4. The van der Waals surface area contributed by atoms with Crippen LogP contribution in [-0.4, -0.2) is 38.9 Å². The van der Waals surface area contributed by atoms with Gasteiger partial charge in [0.2, 0.25) is 0 Å². The monoisotopic (exact) mass is 416 g/mol. The molecule has 3 nitrogen and oxygen atoms in total. The van der Waals surface area contributed by atoms with Crippen molar-refractivity contribution in [2.75, 3.05) is 19.8 Å². The van der Waals surface area contributed by atoms with Crippen molar-refractivity contribution in [3.8, 4) is 5.75 Å². The molecule has 2 aromatic rings. The third-order valence-electron chi connectivity index (χ3n) is 4.71. The number of carbonyl (C=O) groups excluding carboxylic acids is 1. The van der Waals surface area contributed by atoms with E-state index in [1.807, 2.05) is 31.2 Å². The number of ketones is 1. The zero-order chi connectivity index (χ0) is 19.0. The number of aryl methyl sites for hydroxylation is 1. The number of Topliss-reactive ketones (excluding diaryl/α,β-unsaturated/α-hetero) is 1. The van der Waals surface area contributed by atoms with Gasteiger partial charge in [-0.25, -0.2) is 0 Å². The fourth-order valence-electron chi connectivity index (χ4n) is 2.88. The molecule has 0 N–H and O–H groups in total. The van der Waals surface area contributed by atoms with E-state index >= 15 is 0 Å². The molecule has 0 saturated carbocycles. The van der Waals surface area contributed by atoms with Gasteiger partial charge in [-0.15, -0.1) is 0 Å². The van der Waals surface area contributed by atoms with Crippen LogP contribution in [-0.2, 0) is 11.2 Å². The predicted molar refractivity (Wildman–Crippen MR) is 111 cm³/mol. The molecule has 0 aliphatic heterocycles. The maximum atomic E-state index is 11.6. The molecule has 0 radical (unpaired) electrons. The van der Waals surface area contributed by atoms with Gasteiger partial charge in [0.25, 0.3) is 0 Å². The van der Waals surface area contributed by atoms with Crippen LogP contribution in [0.4, 0.5) is 0 Å². The molecule has 0 heterocycles. The van der Waals surface area contributed by atoms with Crippen LogP contribution in [0.15, 0.2) is 48.5 Å². The van der Waals surface area contributed by atoms with Gasteiger partial charge in [0.05, 0.1) is 0 Å². The number of carbonyl (C=O) groups is 1. The van der Waals surface area contributed by atoms with Gasteiger partial charge < -0.3 is 0 Å². The van der Waals surface area contributed by atoms with E-state index in [0.29, 0.717) is 13.2 Å². The molecule has 2 aromatic carbocycles. The summed E-state index contributed by atoms with van der Waals surface area (Å²) in [6.45, 7) is 5.55. The topological polar surface area (TPSA) is 35.5 Å². The minimum absolute atomic E-state index is 0.143. The number of ether oxygens (including phenoxy) is 2. The molecule has 0 unspecified atom stereocenters. The Balaban J connectivity index is 1.92. The van der Waals surface area contributed by atoms with Gasteiger partial charge in [0, 0.05) is 0 Å². The van der Waals surface area contributed by atoms with Gasteiger partial charge in [-0.05, 0) is 0 Å². The first-order valence-electron chi connectivity index (χ1n) is 9.33. The Labute approximate surface area is 160 Å². The summed E-state index contributed by atoms with van der Waals surface area (Å²) in [6, 6.07) is 16.6. The van der Waals surface area contributed by atoms with Crippen molar-refractivity contribution < 1.29 is 14.3 Å². The average molecular weight is 415 g/mol. The summed E-state index contributed by atoms with van der Waals surface area (Å²) < 4.78 is 12.3. The second kappa shape index (κ2) is 9.93.